The van der Waals surface area contributed by atoms with E-state index in [1.807, 2.05) is 28.9 Å². The number of nitrogens with one attached hydrogen (secondary N) is 1. The Hall–Kier alpha value is -4.03. The summed E-state index contributed by atoms with van der Waals surface area (Å²) in [7, 11) is 0. The molecule has 6 rings (SSSR count). The molecule has 9 heteroatoms. The van der Waals surface area contributed by atoms with Gasteiger partial charge >= 0.3 is 0 Å². The normalized spacial score (nSPS) is 15.0. The molecule has 0 bridgehead atoms. The molecule has 9 nitrogen and oxygen atoms in total. The van der Waals surface area contributed by atoms with E-state index in [1.54, 1.807) is 12.4 Å². The minimum atomic E-state index is 0.455. The maximum absolute atomic E-state index is 9.96. The highest BCUT2D eigenvalue weighted by atomic mass is 15.4. The van der Waals surface area contributed by atoms with Gasteiger partial charge in [0.15, 0.2) is 5.69 Å². The lowest BCUT2D eigenvalue weighted by atomic mass is 10.0. The van der Waals surface area contributed by atoms with Crippen LogP contribution in [0.2, 0.25) is 0 Å². The molecule has 1 aliphatic heterocycles. The predicted octanol–water partition coefficient (Wildman–Crippen LogP) is 4.03. The molecule has 5 aromatic rings. The summed E-state index contributed by atoms with van der Waals surface area (Å²) in [4.78, 5) is 17.5. The fourth-order valence-corrected chi connectivity index (χ4v) is 5.50. The molecule has 0 saturated carbocycles. The van der Waals surface area contributed by atoms with Crippen molar-refractivity contribution >= 4 is 38.7 Å². The zero-order chi connectivity index (χ0) is 23.9. The Morgan fingerprint density at radius 1 is 1.11 bits per heavy atom. The molecule has 0 amide bonds. The zero-order valence-electron chi connectivity index (χ0n) is 19.9. The molecular formula is C26H27N9. The number of rotatable bonds is 5. The SMILES string of the molecule is CCN(CC)C1CCN(c2c(C#N)ncc3[nH]c4ncc(-n5nnc6ccccc65)cc4c23)CC1. The van der Waals surface area contributed by atoms with Gasteiger partial charge in [0.2, 0.25) is 0 Å². The van der Waals surface area contributed by atoms with E-state index in [9.17, 15) is 5.26 Å². The van der Waals surface area contributed by atoms with E-state index in [-0.39, 0.29) is 0 Å². The zero-order valence-corrected chi connectivity index (χ0v) is 19.9. The largest absolute Gasteiger partial charge is 0.368 e. The quantitative estimate of drug-likeness (QED) is 0.418. The van der Waals surface area contributed by atoms with E-state index in [0.717, 1.165) is 83.4 Å². The number of fused-ring (bicyclic) bond motifs is 4. The molecule has 1 N–H and O–H groups in total. The molecule has 1 aliphatic rings. The van der Waals surface area contributed by atoms with E-state index in [2.05, 4.69) is 56.1 Å². The van der Waals surface area contributed by atoms with Crippen LogP contribution >= 0.6 is 0 Å². The van der Waals surface area contributed by atoms with E-state index in [4.69, 9.17) is 4.98 Å². The molecule has 0 unspecified atom stereocenters. The van der Waals surface area contributed by atoms with Gasteiger partial charge in [0.05, 0.1) is 34.8 Å². The van der Waals surface area contributed by atoms with Crippen LogP contribution in [-0.2, 0) is 0 Å². The fraction of sp³-hybridized carbons (Fsp3) is 0.346. The van der Waals surface area contributed by atoms with Gasteiger partial charge in [0, 0.05) is 29.9 Å². The standard InChI is InChI=1S/C26H27N9/c1-3-33(4-2)17-9-11-34(12-10-17)25-21(14-27)28-16-22-24(25)19-13-18(15-29-26(19)30-22)35-23-8-6-5-7-20(23)31-32-35/h5-8,13,15-17H,3-4,9-12H2,1-2H3,(H,29,30). The molecule has 1 aromatic carbocycles. The van der Waals surface area contributed by atoms with Gasteiger partial charge < -0.3 is 14.8 Å². The van der Waals surface area contributed by atoms with Crippen molar-refractivity contribution in [1.82, 2.24) is 34.8 Å². The lowest BCUT2D eigenvalue weighted by molar-refractivity contribution is 0.186. The maximum Gasteiger partial charge on any atom is 0.164 e. The first-order valence-electron chi connectivity index (χ1n) is 12.2. The number of piperidine rings is 1. The Labute approximate surface area is 203 Å². The number of aromatic amines is 1. The fourth-order valence-electron chi connectivity index (χ4n) is 5.50. The number of hydrogen-bond donors (Lipinski definition) is 1. The Bertz CT molecular complexity index is 1560. The highest BCUT2D eigenvalue weighted by Crippen LogP contribution is 2.37. The van der Waals surface area contributed by atoms with Crippen LogP contribution in [0.1, 0.15) is 32.4 Å². The van der Waals surface area contributed by atoms with E-state index < -0.39 is 0 Å². The second-order valence-corrected chi connectivity index (χ2v) is 9.00. The monoisotopic (exact) mass is 465 g/mol. The summed E-state index contributed by atoms with van der Waals surface area (Å²) in [6, 6.07) is 12.9. The van der Waals surface area contributed by atoms with E-state index in [1.165, 1.54) is 0 Å². The summed E-state index contributed by atoms with van der Waals surface area (Å²) in [6.07, 6.45) is 5.68. The Morgan fingerprint density at radius 2 is 1.91 bits per heavy atom. The van der Waals surface area contributed by atoms with Crippen molar-refractivity contribution in [2.75, 3.05) is 31.1 Å². The molecular weight excluding hydrogens is 438 g/mol. The number of para-hydroxylation sites is 1. The van der Waals surface area contributed by atoms with Gasteiger partial charge in [-0.05, 0) is 44.1 Å². The van der Waals surface area contributed by atoms with Crippen molar-refractivity contribution in [3.8, 4) is 11.8 Å². The summed E-state index contributed by atoms with van der Waals surface area (Å²) in [5.41, 5.74) is 5.59. The lowest BCUT2D eigenvalue weighted by Gasteiger charge is -2.39. The van der Waals surface area contributed by atoms with E-state index >= 15 is 0 Å². The number of anilines is 1. The average Bonchev–Trinajstić information content (AvgIpc) is 3.50. The van der Waals surface area contributed by atoms with Crippen LogP contribution in [0.3, 0.4) is 0 Å². The molecule has 0 aliphatic carbocycles. The summed E-state index contributed by atoms with van der Waals surface area (Å²) < 4.78 is 1.81. The number of aromatic nitrogens is 6. The first kappa shape index (κ1) is 21.5. The van der Waals surface area contributed by atoms with Crippen molar-refractivity contribution in [3.05, 3.63) is 48.4 Å². The summed E-state index contributed by atoms with van der Waals surface area (Å²) in [6.45, 7) is 8.37. The third kappa shape index (κ3) is 3.49. The van der Waals surface area contributed by atoms with Crippen molar-refractivity contribution in [2.45, 2.75) is 32.7 Å². The molecule has 1 fully saturated rings. The van der Waals surface area contributed by atoms with Gasteiger partial charge in [-0.1, -0.05) is 31.2 Å². The second-order valence-electron chi connectivity index (χ2n) is 9.00. The second kappa shape index (κ2) is 8.64. The van der Waals surface area contributed by atoms with Crippen LogP contribution in [0.4, 0.5) is 5.69 Å². The van der Waals surface area contributed by atoms with Gasteiger partial charge in [0.25, 0.3) is 0 Å². The van der Waals surface area contributed by atoms with Crippen LogP contribution in [0.15, 0.2) is 42.7 Å². The predicted molar refractivity (Wildman–Crippen MR) is 137 cm³/mol. The molecule has 4 aromatic heterocycles. The van der Waals surface area contributed by atoms with Crippen LogP contribution in [0.5, 0.6) is 0 Å². The van der Waals surface area contributed by atoms with Gasteiger partial charge in [-0.2, -0.15) is 5.26 Å². The number of H-pyrrole nitrogens is 1. The van der Waals surface area contributed by atoms with Crippen molar-refractivity contribution < 1.29 is 0 Å². The molecule has 176 valence electrons. The minimum Gasteiger partial charge on any atom is -0.368 e. The van der Waals surface area contributed by atoms with Crippen LogP contribution in [0.25, 0.3) is 38.7 Å². The topological polar surface area (TPSA) is 103 Å². The van der Waals surface area contributed by atoms with Crippen LogP contribution in [-0.4, -0.2) is 67.1 Å². The third-order valence-corrected chi connectivity index (χ3v) is 7.26. The van der Waals surface area contributed by atoms with Crippen molar-refractivity contribution in [1.29, 1.82) is 5.26 Å². The highest BCUT2D eigenvalue weighted by Gasteiger charge is 2.27. The van der Waals surface area contributed by atoms with Crippen molar-refractivity contribution in [3.63, 3.8) is 0 Å². The average molecular weight is 466 g/mol. The van der Waals surface area contributed by atoms with Gasteiger partial charge in [-0.25, -0.2) is 14.6 Å². The number of pyridine rings is 2. The molecule has 0 atom stereocenters. The van der Waals surface area contributed by atoms with Gasteiger partial charge in [0.1, 0.15) is 17.2 Å². The minimum absolute atomic E-state index is 0.455. The smallest absolute Gasteiger partial charge is 0.164 e. The number of nitrogens with zero attached hydrogens (tertiary/aromatic N) is 8. The number of hydrogen-bond acceptors (Lipinski definition) is 7. The first-order valence-corrected chi connectivity index (χ1v) is 12.2. The van der Waals surface area contributed by atoms with E-state index in [0.29, 0.717) is 11.7 Å². The Balaban J connectivity index is 1.47. The van der Waals surface area contributed by atoms with Crippen LogP contribution < -0.4 is 4.90 Å². The number of benzene rings is 1. The molecule has 35 heavy (non-hydrogen) atoms. The number of nitriles is 1. The summed E-state index contributed by atoms with van der Waals surface area (Å²) >= 11 is 0. The lowest BCUT2D eigenvalue weighted by Crippen LogP contribution is -2.45. The highest BCUT2D eigenvalue weighted by molar-refractivity contribution is 6.13. The Morgan fingerprint density at radius 3 is 2.69 bits per heavy atom. The summed E-state index contributed by atoms with van der Waals surface area (Å²) in [5, 5.41) is 20.6. The van der Waals surface area contributed by atoms with Gasteiger partial charge in [-0.3, -0.25) is 0 Å². The maximum atomic E-state index is 9.96. The molecule has 0 spiro atoms. The third-order valence-electron chi connectivity index (χ3n) is 7.26. The van der Waals surface area contributed by atoms with Crippen molar-refractivity contribution in [2.24, 2.45) is 0 Å². The molecule has 0 radical (unpaired) electrons. The van der Waals surface area contributed by atoms with Crippen LogP contribution in [0, 0.1) is 11.3 Å². The Kier molecular flexibility index (Phi) is 5.30. The first-order chi connectivity index (χ1) is 17.2. The molecule has 1 saturated heterocycles. The molecule has 5 heterocycles. The summed E-state index contributed by atoms with van der Waals surface area (Å²) in [5.74, 6) is 0. The van der Waals surface area contributed by atoms with Gasteiger partial charge in [-0.15, -0.1) is 5.10 Å².